The van der Waals surface area contributed by atoms with Crippen molar-refractivity contribution in [1.82, 2.24) is 4.90 Å². The monoisotopic (exact) mass is 353 g/mol. The van der Waals surface area contributed by atoms with Crippen LogP contribution in [0.25, 0.3) is 0 Å². The molecule has 0 unspecified atom stereocenters. The second-order valence-electron chi connectivity index (χ2n) is 4.30. The highest BCUT2D eigenvalue weighted by atomic mass is 79.9. The van der Waals surface area contributed by atoms with E-state index in [2.05, 4.69) is 20.9 Å². The quantitative estimate of drug-likeness (QED) is 0.633. The summed E-state index contributed by atoms with van der Waals surface area (Å²) in [6.07, 6.45) is 0. The molecule has 2 rings (SSSR count). The van der Waals surface area contributed by atoms with Gasteiger partial charge in [0.05, 0.1) is 11.7 Å². The first kappa shape index (κ1) is 17.2. The number of rotatable bonds is 2. The summed E-state index contributed by atoms with van der Waals surface area (Å²) in [7, 11) is 1.61. The number of aliphatic imine (C=N–C) groups is 1. The summed E-state index contributed by atoms with van der Waals surface area (Å²) in [5, 5.41) is 9.96. The van der Waals surface area contributed by atoms with Crippen LogP contribution < -0.4 is 5.73 Å². The molecule has 0 saturated heterocycles. The number of para-hydroxylation sites is 1. The Labute approximate surface area is 133 Å². The Morgan fingerprint density at radius 3 is 2.43 bits per heavy atom. The van der Waals surface area contributed by atoms with E-state index in [1.165, 1.54) is 4.90 Å². The topological polar surface area (TPSA) is 78.9 Å². The molecule has 6 heteroatoms. The summed E-state index contributed by atoms with van der Waals surface area (Å²) < 4.78 is 0.768. The molecule has 1 aliphatic rings. The van der Waals surface area contributed by atoms with Crippen molar-refractivity contribution in [3.8, 4) is 0 Å². The molecule has 0 radical (unpaired) electrons. The summed E-state index contributed by atoms with van der Waals surface area (Å²) in [5.74, 6) is -0.343. The van der Waals surface area contributed by atoms with E-state index in [9.17, 15) is 9.90 Å². The highest BCUT2D eigenvalue weighted by Crippen LogP contribution is 2.27. The van der Waals surface area contributed by atoms with E-state index in [0.29, 0.717) is 5.69 Å². The molecular formula is C15H20BrN3O2. The number of amides is 1. The van der Waals surface area contributed by atoms with Crippen molar-refractivity contribution in [2.24, 2.45) is 10.7 Å². The number of amidine groups is 1. The summed E-state index contributed by atoms with van der Waals surface area (Å²) in [4.78, 5) is 17.6. The third kappa shape index (κ3) is 3.44. The second-order valence-corrected chi connectivity index (χ2v) is 5.16. The largest absolute Gasteiger partial charge is 0.509 e. The van der Waals surface area contributed by atoms with Crippen LogP contribution in [0.3, 0.4) is 0 Å². The molecule has 1 aromatic rings. The lowest BCUT2D eigenvalue weighted by molar-refractivity contribution is -0.125. The average Bonchev–Trinajstić information content (AvgIpc) is 2.67. The molecule has 5 nitrogen and oxygen atoms in total. The lowest BCUT2D eigenvalue weighted by Crippen LogP contribution is -2.31. The van der Waals surface area contributed by atoms with Crippen LogP contribution in [0.15, 0.2) is 45.1 Å². The van der Waals surface area contributed by atoms with Crippen molar-refractivity contribution in [2.45, 2.75) is 26.8 Å². The zero-order valence-electron chi connectivity index (χ0n) is 12.6. The van der Waals surface area contributed by atoms with Crippen LogP contribution in [0, 0.1) is 0 Å². The van der Waals surface area contributed by atoms with E-state index in [1.807, 2.05) is 32.0 Å². The predicted octanol–water partition coefficient (Wildman–Crippen LogP) is 3.14. The van der Waals surface area contributed by atoms with Gasteiger partial charge in [-0.1, -0.05) is 26.0 Å². The molecule has 1 aromatic carbocycles. The van der Waals surface area contributed by atoms with Crippen molar-refractivity contribution in [3.05, 3.63) is 40.1 Å². The van der Waals surface area contributed by atoms with Crippen molar-refractivity contribution < 1.29 is 9.90 Å². The van der Waals surface area contributed by atoms with E-state index in [0.717, 1.165) is 4.47 Å². The normalized spacial score (nSPS) is 18.7. The Morgan fingerprint density at radius 1 is 1.38 bits per heavy atom. The first-order chi connectivity index (χ1) is 9.93. The fraction of sp³-hybridized carbons (Fsp3) is 0.333. The number of nitrogens with two attached hydrogens (primary N) is 1. The van der Waals surface area contributed by atoms with Crippen molar-refractivity contribution >= 4 is 33.4 Å². The second kappa shape index (κ2) is 7.26. The van der Waals surface area contributed by atoms with Gasteiger partial charge in [-0.25, -0.2) is 4.99 Å². The number of hydrogen-bond acceptors (Lipinski definition) is 3. The molecule has 1 atom stereocenters. The van der Waals surface area contributed by atoms with E-state index >= 15 is 0 Å². The molecule has 1 amide bonds. The number of hydrogen-bond donors (Lipinski definition) is 2. The van der Waals surface area contributed by atoms with Gasteiger partial charge in [0.1, 0.15) is 17.2 Å². The minimum Gasteiger partial charge on any atom is -0.509 e. The maximum absolute atomic E-state index is 12.0. The summed E-state index contributed by atoms with van der Waals surface area (Å²) in [5.41, 5.74) is 6.53. The number of carbonyl (C=O) groups is 1. The first-order valence-electron chi connectivity index (χ1n) is 6.72. The maximum atomic E-state index is 12.0. The van der Waals surface area contributed by atoms with Crippen LogP contribution in [-0.2, 0) is 4.79 Å². The molecule has 3 N–H and O–H groups in total. The lowest BCUT2D eigenvalue weighted by atomic mass is 10.2. The van der Waals surface area contributed by atoms with Crippen molar-refractivity contribution in [3.63, 3.8) is 0 Å². The van der Waals surface area contributed by atoms with Crippen LogP contribution in [0.4, 0.5) is 5.69 Å². The Kier molecular flexibility index (Phi) is 5.96. The summed E-state index contributed by atoms with van der Waals surface area (Å²) in [6, 6.07) is 6.88. The first-order valence-corrected chi connectivity index (χ1v) is 7.52. The molecule has 0 aliphatic carbocycles. The minimum absolute atomic E-state index is 0.0191. The fourth-order valence-electron chi connectivity index (χ4n) is 1.82. The van der Waals surface area contributed by atoms with Gasteiger partial charge in [0.25, 0.3) is 5.91 Å². The lowest BCUT2D eigenvalue weighted by Gasteiger charge is -2.14. The standard InChI is InChI=1S/C13H14BrN3O2.C2H6/c1-7-11(18)10(13(19)17(7)2)12(15)16-9-6-4-3-5-8(9)14;1-2/h3-7,18H,1-2H3,(H2,15,16);1-2H3/t7-;/m0./s1. The molecule has 0 saturated carbocycles. The number of aliphatic hydroxyl groups excluding tert-OH is 1. The van der Waals surface area contributed by atoms with Gasteiger partial charge in [0.15, 0.2) is 0 Å². The van der Waals surface area contributed by atoms with Crippen molar-refractivity contribution in [1.29, 1.82) is 0 Å². The molecular weight excluding hydrogens is 334 g/mol. The minimum atomic E-state index is -0.379. The van der Waals surface area contributed by atoms with Gasteiger partial charge in [-0.2, -0.15) is 0 Å². The number of nitrogens with zero attached hydrogens (tertiary/aromatic N) is 2. The van der Waals surface area contributed by atoms with Crippen LogP contribution >= 0.6 is 15.9 Å². The van der Waals surface area contributed by atoms with Gasteiger partial charge >= 0.3 is 0 Å². The van der Waals surface area contributed by atoms with E-state index in [4.69, 9.17) is 5.73 Å². The third-order valence-electron chi connectivity index (χ3n) is 3.12. The molecule has 21 heavy (non-hydrogen) atoms. The molecule has 114 valence electrons. The van der Waals surface area contributed by atoms with E-state index in [1.54, 1.807) is 20.0 Å². The zero-order chi connectivity index (χ0) is 16.2. The van der Waals surface area contributed by atoms with Gasteiger partial charge in [-0.15, -0.1) is 0 Å². The van der Waals surface area contributed by atoms with Gasteiger partial charge in [0.2, 0.25) is 0 Å². The molecule has 0 aromatic heterocycles. The number of halogens is 1. The smallest absolute Gasteiger partial charge is 0.261 e. The Morgan fingerprint density at radius 2 is 1.95 bits per heavy atom. The number of carbonyl (C=O) groups excluding carboxylic acids is 1. The van der Waals surface area contributed by atoms with Gasteiger partial charge in [-0.3, -0.25) is 4.79 Å². The van der Waals surface area contributed by atoms with Crippen LogP contribution in [0.2, 0.25) is 0 Å². The van der Waals surface area contributed by atoms with Gasteiger partial charge in [0, 0.05) is 11.5 Å². The highest BCUT2D eigenvalue weighted by molar-refractivity contribution is 9.10. The van der Waals surface area contributed by atoms with Crippen molar-refractivity contribution in [2.75, 3.05) is 7.05 Å². The highest BCUT2D eigenvalue weighted by Gasteiger charge is 2.36. The zero-order valence-corrected chi connectivity index (χ0v) is 14.2. The van der Waals surface area contributed by atoms with E-state index < -0.39 is 0 Å². The Balaban J connectivity index is 0.00000106. The molecule has 0 spiro atoms. The Bertz CT molecular complexity index is 596. The van der Waals surface area contributed by atoms with Gasteiger partial charge in [-0.05, 0) is 35.0 Å². The third-order valence-corrected chi connectivity index (χ3v) is 3.79. The van der Waals surface area contributed by atoms with Crippen LogP contribution in [-0.4, -0.2) is 34.8 Å². The van der Waals surface area contributed by atoms with E-state index in [-0.39, 0.29) is 29.1 Å². The maximum Gasteiger partial charge on any atom is 0.261 e. The number of aliphatic hydroxyl groups is 1. The average molecular weight is 354 g/mol. The SMILES string of the molecule is CC.C[C@H]1C(O)=C(C(N)=Nc2ccccc2Br)C(=O)N1C. The van der Waals surface area contributed by atoms with Crippen LogP contribution in [0.1, 0.15) is 20.8 Å². The number of benzene rings is 1. The summed E-state index contributed by atoms with van der Waals surface area (Å²) >= 11 is 3.35. The molecule has 1 heterocycles. The predicted molar refractivity (Wildman–Crippen MR) is 88.7 cm³/mol. The van der Waals surface area contributed by atoms with Gasteiger partial charge < -0.3 is 15.7 Å². The molecule has 1 aliphatic heterocycles. The Hall–Kier alpha value is -1.82. The van der Waals surface area contributed by atoms with Crippen LogP contribution in [0.5, 0.6) is 0 Å². The molecule has 0 bridgehead atoms. The molecule has 0 fully saturated rings. The summed E-state index contributed by atoms with van der Waals surface area (Å²) in [6.45, 7) is 5.73. The number of likely N-dealkylation sites (N-methyl/N-ethyl adjacent to an activating group) is 1. The fourth-order valence-corrected chi connectivity index (χ4v) is 2.20.